The fraction of sp³-hybridized carbons (Fsp3) is 0.333. The predicted octanol–water partition coefficient (Wildman–Crippen LogP) is 4.44. The Hall–Kier alpha value is -4.03. The summed E-state index contributed by atoms with van der Waals surface area (Å²) in [6, 6.07) is 14.6. The van der Waals surface area contributed by atoms with Gasteiger partial charge in [-0.3, -0.25) is 9.78 Å². The molecule has 5 heterocycles. The van der Waals surface area contributed by atoms with E-state index in [0.29, 0.717) is 28.7 Å². The maximum atomic E-state index is 13.3. The van der Waals surface area contributed by atoms with Crippen molar-refractivity contribution in [2.75, 3.05) is 37.5 Å². The van der Waals surface area contributed by atoms with Crippen LogP contribution in [0.25, 0.3) is 22.3 Å². The molecule has 4 aromatic rings. The van der Waals surface area contributed by atoms with E-state index in [1.807, 2.05) is 30.3 Å². The number of anilines is 1. The Bertz CT molecular complexity index is 1770. The van der Waals surface area contributed by atoms with Gasteiger partial charge in [0.2, 0.25) is 0 Å². The van der Waals surface area contributed by atoms with Crippen LogP contribution in [0, 0.1) is 11.8 Å². The fourth-order valence-corrected chi connectivity index (χ4v) is 6.48. The Kier molecular flexibility index (Phi) is 7.58. The predicted molar refractivity (Wildman–Crippen MR) is 153 cm³/mol. The van der Waals surface area contributed by atoms with Crippen LogP contribution in [0.2, 0.25) is 0 Å². The molecular formula is C30H29F2N5O4S. The molecule has 0 aliphatic carbocycles. The molecule has 0 unspecified atom stereocenters. The van der Waals surface area contributed by atoms with E-state index in [1.54, 1.807) is 12.3 Å². The quantitative estimate of drug-likeness (QED) is 0.335. The van der Waals surface area contributed by atoms with Crippen LogP contribution in [0.1, 0.15) is 34.5 Å². The largest absolute Gasteiger partial charge is 0.381 e. The van der Waals surface area contributed by atoms with Gasteiger partial charge in [-0.25, -0.2) is 27.2 Å². The molecule has 1 N–H and O–H groups in total. The lowest BCUT2D eigenvalue weighted by molar-refractivity contribution is 0.0949. The molecular weight excluding hydrogens is 564 g/mol. The molecule has 1 amide bonds. The van der Waals surface area contributed by atoms with Gasteiger partial charge in [-0.1, -0.05) is 12.1 Å². The molecule has 2 fully saturated rings. The minimum Gasteiger partial charge on any atom is -0.381 e. The first-order valence-corrected chi connectivity index (χ1v) is 15.5. The van der Waals surface area contributed by atoms with Crippen molar-refractivity contribution in [3.05, 3.63) is 77.6 Å². The van der Waals surface area contributed by atoms with E-state index >= 15 is 0 Å². The summed E-state index contributed by atoms with van der Waals surface area (Å²) >= 11 is 0. The number of sulfone groups is 1. The third-order valence-corrected chi connectivity index (χ3v) is 9.00. The number of hydrogen-bond acceptors (Lipinski definition) is 8. The zero-order valence-corrected chi connectivity index (χ0v) is 23.7. The van der Waals surface area contributed by atoms with Crippen molar-refractivity contribution in [3.63, 3.8) is 0 Å². The summed E-state index contributed by atoms with van der Waals surface area (Å²) in [4.78, 5) is 28.6. The summed E-state index contributed by atoms with van der Waals surface area (Å²) < 4.78 is 56.3. The molecule has 0 spiro atoms. The molecule has 6 rings (SSSR count). The van der Waals surface area contributed by atoms with Crippen molar-refractivity contribution in [1.29, 1.82) is 0 Å². The van der Waals surface area contributed by atoms with E-state index in [0.717, 1.165) is 68.0 Å². The van der Waals surface area contributed by atoms with Gasteiger partial charge in [0.15, 0.2) is 9.84 Å². The van der Waals surface area contributed by atoms with Gasteiger partial charge in [0, 0.05) is 54.6 Å². The standard InChI is InChI=1S/C30H29F2N5O4S/c1-42(39,40)27-11-18(5-7-23(27)29(31)32)30(38)34-14-22-12-26-19(13-33-22)6-8-25(35-26)24-3-2-4-28(36-24)37-10-9-20-16-41-17-21(20)15-37/h2-8,11-13,20-21,29H,9-10,14-17H2,1H3,(H,34,38)/t20-,21+/m0/s1. The highest BCUT2D eigenvalue weighted by Crippen LogP contribution is 2.32. The molecule has 12 heteroatoms. The van der Waals surface area contributed by atoms with E-state index in [4.69, 9.17) is 14.7 Å². The molecule has 0 radical (unpaired) electrons. The molecule has 218 valence electrons. The molecule has 2 aliphatic rings. The fourth-order valence-electron chi connectivity index (χ4n) is 5.56. The van der Waals surface area contributed by atoms with Crippen LogP contribution in [0.4, 0.5) is 14.6 Å². The van der Waals surface area contributed by atoms with Crippen LogP contribution in [0.5, 0.6) is 0 Å². The number of carbonyl (C=O) groups is 1. The van der Waals surface area contributed by atoms with Crippen LogP contribution in [0.15, 0.2) is 65.7 Å². The molecule has 9 nitrogen and oxygen atoms in total. The first-order valence-electron chi connectivity index (χ1n) is 13.6. The van der Waals surface area contributed by atoms with E-state index in [9.17, 15) is 22.0 Å². The highest BCUT2D eigenvalue weighted by Gasteiger charge is 2.34. The maximum Gasteiger partial charge on any atom is 0.265 e. The van der Waals surface area contributed by atoms with Gasteiger partial charge in [-0.2, -0.15) is 0 Å². The number of fused-ring (bicyclic) bond motifs is 2. The van der Waals surface area contributed by atoms with Crippen LogP contribution in [0.3, 0.4) is 0 Å². The number of amides is 1. The lowest BCUT2D eigenvalue weighted by Crippen LogP contribution is -2.40. The number of alkyl halides is 2. The first kappa shape index (κ1) is 28.1. The highest BCUT2D eigenvalue weighted by atomic mass is 32.2. The van der Waals surface area contributed by atoms with Gasteiger partial charge in [-0.15, -0.1) is 0 Å². The Morgan fingerprint density at radius 2 is 1.88 bits per heavy atom. The summed E-state index contributed by atoms with van der Waals surface area (Å²) in [7, 11) is -3.96. The Labute approximate surface area is 241 Å². The molecule has 0 saturated carbocycles. The normalized spacial score (nSPS) is 18.8. The van der Waals surface area contributed by atoms with Gasteiger partial charge in [-0.05, 0) is 54.8 Å². The second-order valence-corrected chi connectivity index (χ2v) is 12.7. The summed E-state index contributed by atoms with van der Waals surface area (Å²) in [5.41, 5.74) is 1.97. The smallest absolute Gasteiger partial charge is 0.265 e. The number of hydrogen-bond donors (Lipinski definition) is 1. The van der Waals surface area contributed by atoms with E-state index in [-0.39, 0.29) is 12.1 Å². The third kappa shape index (κ3) is 5.82. The molecule has 2 saturated heterocycles. The highest BCUT2D eigenvalue weighted by molar-refractivity contribution is 7.90. The number of halogens is 2. The third-order valence-electron chi connectivity index (χ3n) is 7.85. The van der Waals surface area contributed by atoms with E-state index in [1.165, 1.54) is 6.07 Å². The van der Waals surface area contributed by atoms with Gasteiger partial charge >= 0.3 is 0 Å². The minimum absolute atomic E-state index is 0.0278. The average Bonchev–Trinajstić information content (AvgIpc) is 3.47. The van der Waals surface area contributed by atoms with Gasteiger partial charge in [0.25, 0.3) is 12.3 Å². The number of piperidine rings is 1. The number of nitrogens with zero attached hydrogens (tertiary/aromatic N) is 4. The summed E-state index contributed by atoms with van der Waals surface area (Å²) in [6.45, 7) is 3.56. The number of rotatable bonds is 7. The van der Waals surface area contributed by atoms with E-state index < -0.39 is 32.6 Å². The number of aromatic nitrogens is 3. The molecule has 2 atom stereocenters. The first-order chi connectivity index (χ1) is 20.2. The Morgan fingerprint density at radius 1 is 1.07 bits per heavy atom. The Balaban J connectivity index is 1.18. The van der Waals surface area contributed by atoms with Crippen molar-refractivity contribution >= 4 is 32.5 Å². The van der Waals surface area contributed by atoms with Crippen LogP contribution in [-0.2, 0) is 21.1 Å². The molecule has 1 aromatic carbocycles. The van der Waals surface area contributed by atoms with Gasteiger partial charge < -0.3 is 15.0 Å². The number of benzene rings is 1. The second-order valence-electron chi connectivity index (χ2n) is 10.7. The molecule has 0 bridgehead atoms. The molecule has 3 aromatic heterocycles. The van der Waals surface area contributed by atoms with Crippen LogP contribution < -0.4 is 10.2 Å². The number of nitrogens with one attached hydrogen (secondary N) is 1. The lowest BCUT2D eigenvalue weighted by Gasteiger charge is -2.34. The van der Waals surface area contributed by atoms with Crippen molar-refractivity contribution in [1.82, 2.24) is 20.3 Å². The maximum absolute atomic E-state index is 13.3. The lowest BCUT2D eigenvalue weighted by atomic mass is 9.89. The van der Waals surface area contributed by atoms with Crippen molar-refractivity contribution in [2.45, 2.75) is 24.3 Å². The summed E-state index contributed by atoms with van der Waals surface area (Å²) in [5.74, 6) is 1.47. The summed E-state index contributed by atoms with van der Waals surface area (Å²) in [5, 5.41) is 3.49. The van der Waals surface area contributed by atoms with Gasteiger partial charge in [0.05, 0.1) is 40.6 Å². The molecule has 2 aliphatic heterocycles. The number of carbonyl (C=O) groups excluding carboxylic acids is 1. The topological polar surface area (TPSA) is 114 Å². The van der Waals surface area contributed by atoms with Crippen molar-refractivity contribution in [3.8, 4) is 11.4 Å². The SMILES string of the molecule is CS(=O)(=O)c1cc(C(=O)NCc2cc3nc(-c4cccc(N5CC[C@H]6COC[C@H]6C5)n4)ccc3cn2)ccc1C(F)F. The number of ether oxygens (including phenoxy) is 1. The zero-order chi connectivity index (χ0) is 29.4. The average molecular weight is 594 g/mol. The van der Waals surface area contributed by atoms with E-state index in [2.05, 4.69) is 15.2 Å². The van der Waals surface area contributed by atoms with Gasteiger partial charge in [0.1, 0.15) is 5.82 Å². The second kappa shape index (κ2) is 11.3. The number of pyridine rings is 3. The monoisotopic (exact) mass is 593 g/mol. The zero-order valence-electron chi connectivity index (χ0n) is 22.8. The van der Waals surface area contributed by atoms with Crippen molar-refractivity contribution < 1.29 is 26.7 Å². The molecule has 42 heavy (non-hydrogen) atoms. The minimum atomic E-state index is -3.96. The summed E-state index contributed by atoms with van der Waals surface area (Å²) in [6.07, 6.45) is 0.597. The Morgan fingerprint density at radius 3 is 2.69 bits per heavy atom. The van der Waals surface area contributed by atoms with Crippen LogP contribution >= 0.6 is 0 Å². The van der Waals surface area contributed by atoms with Crippen molar-refractivity contribution in [2.24, 2.45) is 11.8 Å². The van der Waals surface area contributed by atoms with Crippen LogP contribution in [-0.4, -0.2) is 61.8 Å².